The van der Waals surface area contributed by atoms with Gasteiger partial charge in [0.1, 0.15) is 17.3 Å². The molecule has 22 heavy (non-hydrogen) atoms. The minimum absolute atomic E-state index is 0.317. The summed E-state index contributed by atoms with van der Waals surface area (Å²) in [6.45, 7) is 0. The first-order valence-corrected chi connectivity index (χ1v) is 6.51. The lowest BCUT2D eigenvalue weighted by Crippen LogP contribution is -2.21. The van der Waals surface area contributed by atoms with E-state index >= 15 is 0 Å². The quantitative estimate of drug-likeness (QED) is 0.805. The van der Waals surface area contributed by atoms with Crippen LogP contribution in [0.25, 0.3) is 11.3 Å². The van der Waals surface area contributed by atoms with Gasteiger partial charge in [0.25, 0.3) is 0 Å². The number of hydrogen-bond acceptors (Lipinski definition) is 3. The SMILES string of the molecule is NC(=O)n1nccc1-c1ccc(Oc2ccc(F)cc2)cc1. The highest BCUT2D eigenvalue weighted by Crippen LogP contribution is 2.25. The number of primary amides is 1. The number of nitrogens with two attached hydrogens (primary N) is 1. The highest BCUT2D eigenvalue weighted by atomic mass is 19.1. The number of rotatable bonds is 3. The lowest BCUT2D eigenvalue weighted by Gasteiger charge is -2.07. The molecule has 0 fully saturated rings. The van der Waals surface area contributed by atoms with Gasteiger partial charge in [0.2, 0.25) is 0 Å². The van der Waals surface area contributed by atoms with E-state index in [1.807, 2.05) is 0 Å². The maximum atomic E-state index is 12.8. The molecule has 0 aliphatic carbocycles. The van der Waals surface area contributed by atoms with Crippen molar-refractivity contribution in [3.05, 3.63) is 66.6 Å². The van der Waals surface area contributed by atoms with E-state index in [2.05, 4.69) is 5.10 Å². The van der Waals surface area contributed by atoms with Gasteiger partial charge in [-0.3, -0.25) is 0 Å². The summed E-state index contributed by atoms with van der Waals surface area (Å²) in [7, 11) is 0. The lowest BCUT2D eigenvalue weighted by atomic mass is 10.1. The molecule has 0 saturated heterocycles. The first-order chi connectivity index (χ1) is 10.6. The number of aromatic nitrogens is 2. The van der Waals surface area contributed by atoms with Gasteiger partial charge in [-0.15, -0.1) is 0 Å². The van der Waals surface area contributed by atoms with Crippen molar-refractivity contribution in [1.82, 2.24) is 9.78 Å². The summed E-state index contributed by atoms with van der Waals surface area (Å²) < 4.78 is 19.6. The minimum Gasteiger partial charge on any atom is -0.457 e. The second-order valence-corrected chi connectivity index (χ2v) is 4.55. The van der Waals surface area contributed by atoms with Gasteiger partial charge >= 0.3 is 6.03 Å². The molecule has 3 aromatic rings. The van der Waals surface area contributed by atoms with E-state index in [1.54, 1.807) is 42.5 Å². The van der Waals surface area contributed by atoms with Gasteiger partial charge in [-0.25, -0.2) is 9.18 Å². The Hall–Kier alpha value is -3.15. The van der Waals surface area contributed by atoms with Gasteiger partial charge in [0.05, 0.1) is 11.9 Å². The molecule has 3 rings (SSSR count). The second kappa shape index (κ2) is 5.69. The van der Waals surface area contributed by atoms with Crippen molar-refractivity contribution in [2.75, 3.05) is 0 Å². The van der Waals surface area contributed by atoms with Crippen LogP contribution in [0.15, 0.2) is 60.8 Å². The molecule has 2 aromatic carbocycles. The van der Waals surface area contributed by atoms with E-state index < -0.39 is 6.03 Å². The average molecular weight is 297 g/mol. The molecule has 0 unspecified atom stereocenters. The number of amides is 1. The third-order valence-corrected chi connectivity index (χ3v) is 3.05. The van der Waals surface area contributed by atoms with Crippen molar-refractivity contribution in [2.45, 2.75) is 0 Å². The Labute approximate surface area is 125 Å². The molecule has 6 heteroatoms. The lowest BCUT2D eigenvalue weighted by molar-refractivity contribution is 0.248. The van der Waals surface area contributed by atoms with E-state index in [1.165, 1.54) is 18.3 Å². The van der Waals surface area contributed by atoms with Crippen LogP contribution in [0.1, 0.15) is 0 Å². The van der Waals surface area contributed by atoms with Crippen LogP contribution in [0, 0.1) is 5.82 Å². The Kier molecular flexibility index (Phi) is 3.57. The van der Waals surface area contributed by atoms with E-state index in [0.29, 0.717) is 17.2 Å². The summed E-state index contributed by atoms with van der Waals surface area (Å²) in [5.74, 6) is 0.819. The minimum atomic E-state index is -0.647. The van der Waals surface area contributed by atoms with E-state index in [4.69, 9.17) is 10.5 Å². The third kappa shape index (κ3) is 2.80. The van der Waals surface area contributed by atoms with E-state index in [-0.39, 0.29) is 5.82 Å². The topological polar surface area (TPSA) is 70.1 Å². The fourth-order valence-corrected chi connectivity index (χ4v) is 2.03. The van der Waals surface area contributed by atoms with Gasteiger partial charge in [0.15, 0.2) is 0 Å². The van der Waals surface area contributed by atoms with E-state index in [0.717, 1.165) is 10.2 Å². The van der Waals surface area contributed by atoms with Gasteiger partial charge < -0.3 is 10.5 Å². The zero-order valence-corrected chi connectivity index (χ0v) is 11.4. The summed E-state index contributed by atoms with van der Waals surface area (Å²) in [5, 5.41) is 3.87. The molecule has 5 nitrogen and oxygen atoms in total. The molecule has 0 spiro atoms. The standard InChI is InChI=1S/C16H12FN3O2/c17-12-3-7-14(8-4-12)22-13-5-1-11(2-6-13)15-9-10-19-20(15)16(18)21/h1-10H,(H2,18,21). The first-order valence-electron chi connectivity index (χ1n) is 6.51. The predicted molar refractivity (Wildman–Crippen MR) is 79.1 cm³/mol. The molecular formula is C16H12FN3O2. The number of halogens is 1. The average Bonchev–Trinajstić information content (AvgIpc) is 3.00. The van der Waals surface area contributed by atoms with Crippen molar-refractivity contribution < 1.29 is 13.9 Å². The number of ether oxygens (including phenoxy) is 1. The smallest absolute Gasteiger partial charge is 0.340 e. The summed E-state index contributed by atoms with van der Waals surface area (Å²) >= 11 is 0. The molecule has 1 heterocycles. The Morgan fingerprint density at radius 1 is 1.00 bits per heavy atom. The van der Waals surface area contributed by atoms with Crippen LogP contribution in [-0.2, 0) is 0 Å². The highest BCUT2D eigenvalue weighted by molar-refractivity contribution is 5.80. The summed E-state index contributed by atoms with van der Waals surface area (Å²) in [6.07, 6.45) is 1.50. The van der Waals surface area contributed by atoms with Crippen LogP contribution >= 0.6 is 0 Å². The maximum Gasteiger partial charge on any atom is 0.340 e. The van der Waals surface area contributed by atoms with Crippen LogP contribution < -0.4 is 10.5 Å². The number of hydrogen-bond donors (Lipinski definition) is 1. The molecule has 0 radical (unpaired) electrons. The summed E-state index contributed by atoms with van der Waals surface area (Å²) in [4.78, 5) is 11.3. The number of carbonyl (C=O) groups excluding carboxylic acids is 1. The Balaban J connectivity index is 1.82. The highest BCUT2D eigenvalue weighted by Gasteiger charge is 2.09. The summed E-state index contributed by atoms with van der Waals surface area (Å²) in [6, 6.07) is 13.9. The normalized spacial score (nSPS) is 10.4. The van der Waals surface area contributed by atoms with Crippen LogP contribution in [-0.4, -0.2) is 15.8 Å². The molecule has 2 N–H and O–H groups in total. The monoisotopic (exact) mass is 297 g/mol. The molecule has 110 valence electrons. The summed E-state index contributed by atoms with van der Waals surface area (Å²) in [5.41, 5.74) is 6.63. The van der Waals surface area contributed by atoms with Gasteiger partial charge in [-0.2, -0.15) is 9.78 Å². The second-order valence-electron chi connectivity index (χ2n) is 4.55. The molecule has 0 atom stereocenters. The third-order valence-electron chi connectivity index (χ3n) is 3.05. The fourth-order valence-electron chi connectivity index (χ4n) is 2.03. The Bertz CT molecular complexity index is 795. The molecule has 0 aliphatic rings. The van der Waals surface area contributed by atoms with Crippen LogP contribution in [0.2, 0.25) is 0 Å². The number of benzene rings is 2. The van der Waals surface area contributed by atoms with Crippen molar-refractivity contribution >= 4 is 6.03 Å². The number of nitrogens with zero attached hydrogens (tertiary/aromatic N) is 2. The van der Waals surface area contributed by atoms with Crippen LogP contribution in [0.4, 0.5) is 9.18 Å². The van der Waals surface area contributed by atoms with Gasteiger partial charge in [-0.1, -0.05) is 0 Å². The zero-order chi connectivity index (χ0) is 15.5. The van der Waals surface area contributed by atoms with Crippen molar-refractivity contribution in [1.29, 1.82) is 0 Å². The van der Waals surface area contributed by atoms with Gasteiger partial charge in [0, 0.05) is 5.56 Å². The Morgan fingerprint density at radius 3 is 2.18 bits per heavy atom. The molecule has 1 aromatic heterocycles. The Morgan fingerprint density at radius 2 is 1.59 bits per heavy atom. The molecule has 1 amide bonds. The fraction of sp³-hybridized carbons (Fsp3) is 0. The molecule has 0 aliphatic heterocycles. The largest absolute Gasteiger partial charge is 0.457 e. The van der Waals surface area contributed by atoms with Crippen molar-refractivity contribution in [3.8, 4) is 22.8 Å². The van der Waals surface area contributed by atoms with Gasteiger partial charge in [-0.05, 0) is 54.6 Å². The first kappa shape index (κ1) is 13.8. The molecule has 0 bridgehead atoms. The van der Waals surface area contributed by atoms with Crippen LogP contribution in [0.3, 0.4) is 0 Å². The van der Waals surface area contributed by atoms with Crippen LogP contribution in [0.5, 0.6) is 11.5 Å². The van der Waals surface area contributed by atoms with Crippen molar-refractivity contribution in [2.24, 2.45) is 5.73 Å². The number of carbonyl (C=O) groups is 1. The molecule has 0 saturated carbocycles. The predicted octanol–water partition coefficient (Wildman–Crippen LogP) is 3.41. The van der Waals surface area contributed by atoms with Crippen molar-refractivity contribution in [3.63, 3.8) is 0 Å². The van der Waals surface area contributed by atoms with E-state index in [9.17, 15) is 9.18 Å². The zero-order valence-electron chi connectivity index (χ0n) is 11.4. The maximum absolute atomic E-state index is 12.8. The molecular weight excluding hydrogens is 285 g/mol.